The lowest BCUT2D eigenvalue weighted by Gasteiger charge is -1.93. The summed E-state index contributed by atoms with van der Waals surface area (Å²) in [6.45, 7) is 3.09. The second-order valence-corrected chi connectivity index (χ2v) is 2.21. The molecule has 0 radical (unpaired) electrons. The molecule has 0 saturated carbocycles. The lowest BCUT2D eigenvalue weighted by molar-refractivity contribution is -0.193. The Labute approximate surface area is 101 Å². The van der Waals surface area contributed by atoms with Gasteiger partial charge >= 0.3 is 24.3 Å². The maximum atomic E-state index is 10.6. The highest BCUT2D eigenvalue weighted by atomic mass is 19.4. The summed E-state index contributed by atoms with van der Waals surface area (Å²) in [7, 11) is 0. The number of hydrogen-bond acceptors (Lipinski definition) is 3. The van der Waals surface area contributed by atoms with E-state index in [4.69, 9.17) is 19.8 Å². The van der Waals surface area contributed by atoms with Gasteiger partial charge in [0.15, 0.2) is 0 Å². The summed E-state index contributed by atoms with van der Waals surface area (Å²) in [5.41, 5.74) is 4.53. The number of halogens is 6. The summed E-state index contributed by atoms with van der Waals surface area (Å²) in [5, 5.41) is 14.2. The number of nitrogens with two attached hydrogens (primary N) is 1. The van der Waals surface area contributed by atoms with Crippen LogP contribution in [0.4, 0.5) is 26.3 Å². The quantitative estimate of drug-likeness (QED) is 0.491. The summed E-state index contributed by atoms with van der Waals surface area (Å²) < 4.78 is 63.5. The normalized spacial score (nSPS) is 10.0. The molecule has 12 heteroatoms. The largest absolute Gasteiger partial charge is 0.490 e. The number of carbonyl (C=O) groups is 3. The van der Waals surface area contributed by atoms with Gasteiger partial charge in [-0.05, 0) is 6.08 Å². The van der Waals surface area contributed by atoms with Gasteiger partial charge in [-0.25, -0.2) is 9.59 Å². The molecule has 0 aliphatic rings. The van der Waals surface area contributed by atoms with Gasteiger partial charge in [0.1, 0.15) is 0 Å². The Kier molecular flexibility index (Phi) is 10.1. The third kappa shape index (κ3) is 21.6. The first-order chi connectivity index (χ1) is 8.16. The summed E-state index contributed by atoms with van der Waals surface area (Å²) in [5.74, 6) is -6.00. The van der Waals surface area contributed by atoms with E-state index in [1.807, 2.05) is 0 Å². The Morgan fingerprint density at radius 2 is 1.00 bits per heavy atom. The third-order valence-electron chi connectivity index (χ3n) is 0.686. The third-order valence-corrected chi connectivity index (χ3v) is 0.686. The number of carbonyl (C=O) groups excluding carboxylic acids is 1. The minimum absolute atomic E-state index is 0.481. The molecule has 0 aliphatic heterocycles. The van der Waals surface area contributed by atoms with Crippen molar-refractivity contribution in [3.05, 3.63) is 12.7 Å². The molecule has 0 saturated heterocycles. The molecule has 4 N–H and O–H groups in total. The van der Waals surface area contributed by atoms with E-state index < -0.39 is 30.2 Å². The molecule has 0 unspecified atom stereocenters. The van der Waals surface area contributed by atoms with Gasteiger partial charge < -0.3 is 15.9 Å². The molecule has 112 valence electrons. The second kappa shape index (κ2) is 8.77. The van der Waals surface area contributed by atoms with E-state index >= 15 is 0 Å². The Bertz CT molecular complexity index is 310. The van der Waals surface area contributed by atoms with E-state index in [-0.39, 0.29) is 0 Å². The van der Waals surface area contributed by atoms with Gasteiger partial charge in [0.05, 0.1) is 0 Å². The van der Waals surface area contributed by atoms with Crippen molar-refractivity contribution in [2.75, 3.05) is 0 Å². The van der Waals surface area contributed by atoms with E-state index in [1.165, 1.54) is 0 Å². The highest BCUT2D eigenvalue weighted by Crippen LogP contribution is 2.13. The molecule has 0 aromatic heterocycles. The van der Waals surface area contributed by atoms with Crippen molar-refractivity contribution in [3.8, 4) is 0 Å². The van der Waals surface area contributed by atoms with Crippen molar-refractivity contribution in [3.63, 3.8) is 0 Å². The standard InChI is InChI=1S/C3H5NO.2C2HF3O2/c1-2-3(4)5;2*3-2(4,5)1(6)7/h2H,1H2,(H2,4,5);2*(H,6,7). The zero-order chi connectivity index (χ0) is 16.4. The SMILES string of the molecule is C=CC(N)=O.O=C(O)C(F)(F)F.O=C(O)C(F)(F)F. The van der Waals surface area contributed by atoms with E-state index in [9.17, 15) is 31.1 Å². The molecule has 0 atom stereocenters. The first kappa shape index (κ1) is 22.0. The van der Waals surface area contributed by atoms with Gasteiger partial charge in [0, 0.05) is 0 Å². The smallest absolute Gasteiger partial charge is 0.475 e. The minimum Gasteiger partial charge on any atom is -0.475 e. The first-order valence-electron chi connectivity index (χ1n) is 3.68. The van der Waals surface area contributed by atoms with Crippen LogP contribution in [-0.4, -0.2) is 40.4 Å². The van der Waals surface area contributed by atoms with Gasteiger partial charge in [-0.2, -0.15) is 26.3 Å². The average Bonchev–Trinajstić information content (AvgIpc) is 2.16. The summed E-state index contributed by atoms with van der Waals surface area (Å²) in [4.78, 5) is 27.3. The van der Waals surface area contributed by atoms with Gasteiger partial charge in [-0.3, -0.25) is 4.79 Å². The van der Waals surface area contributed by atoms with Crippen LogP contribution in [-0.2, 0) is 14.4 Å². The Hall–Kier alpha value is -2.27. The Balaban J connectivity index is -0.000000206. The van der Waals surface area contributed by atoms with Crippen LogP contribution in [0.15, 0.2) is 12.7 Å². The summed E-state index contributed by atoms with van der Waals surface area (Å²) in [6, 6.07) is 0. The molecule has 0 aromatic rings. The molecule has 6 nitrogen and oxygen atoms in total. The van der Waals surface area contributed by atoms with Crippen LogP contribution in [0.1, 0.15) is 0 Å². The van der Waals surface area contributed by atoms with Crippen molar-refractivity contribution in [1.29, 1.82) is 0 Å². The van der Waals surface area contributed by atoms with E-state index in [2.05, 4.69) is 12.3 Å². The number of carboxylic acid groups (broad SMARTS) is 2. The van der Waals surface area contributed by atoms with E-state index in [1.54, 1.807) is 0 Å². The van der Waals surface area contributed by atoms with E-state index in [0.717, 1.165) is 6.08 Å². The lowest BCUT2D eigenvalue weighted by Crippen LogP contribution is -2.21. The molecule has 0 spiro atoms. The number of hydrogen-bond donors (Lipinski definition) is 3. The fourth-order valence-electron chi connectivity index (χ4n) is 0. The van der Waals surface area contributed by atoms with Gasteiger partial charge in [0.25, 0.3) is 0 Å². The average molecular weight is 299 g/mol. The predicted molar refractivity (Wildman–Crippen MR) is 46.8 cm³/mol. The molecule has 19 heavy (non-hydrogen) atoms. The van der Waals surface area contributed by atoms with Crippen LogP contribution >= 0.6 is 0 Å². The predicted octanol–water partition coefficient (Wildman–Crippen LogP) is 0.924. The van der Waals surface area contributed by atoms with Crippen molar-refractivity contribution < 1.29 is 50.9 Å². The molecular formula is C7H7F6NO5. The maximum absolute atomic E-state index is 10.6. The minimum atomic E-state index is -5.08. The molecule has 0 fully saturated rings. The number of amides is 1. The lowest BCUT2D eigenvalue weighted by atomic mass is 10.6. The Morgan fingerprint density at radius 3 is 1.00 bits per heavy atom. The number of rotatable bonds is 1. The van der Waals surface area contributed by atoms with E-state index in [0.29, 0.717) is 0 Å². The number of aliphatic carboxylic acids is 2. The van der Waals surface area contributed by atoms with Crippen molar-refractivity contribution in [2.45, 2.75) is 12.4 Å². The zero-order valence-corrected chi connectivity index (χ0v) is 8.75. The number of carboxylic acids is 2. The zero-order valence-electron chi connectivity index (χ0n) is 8.75. The number of primary amides is 1. The van der Waals surface area contributed by atoms with Crippen molar-refractivity contribution in [2.24, 2.45) is 5.73 Å². The summed E-state index contributed by atoms with van der Waals surface area (Å²) in [6.07, 6.45) is -9.11. The topological polar surface area (TPSA) is 118 Å². The fourth-order valence-corrected chi connectivity index (χ4v) is 0. The molecule has 0 aromatic carbocycles. The molecule has 1 amide bonds. The molecule has 0 heterocycles. The van der Waals surface area contributed by atoms with Crippen LogP contribution in [0.2, 0.25) is 0 Å². The monoisotopic (exact) mass is 299 g/mol. The maximum Gasteiger partial charge on any atom is 0.490 e. The van der Waals surface area contributed by atoms with Crippen molar-refractivity contribution in [1.82, 2.24) is 0 Å². The number of alkyl halides is 6. The Morgan fingerprint density at radius 1 is 0.895 bits per heavy atom. The van der Waals surface area contributed by atoms with Crippen molar-refractivity contribution >= 4 is 17.8 Å². The molecule has 0 bridgehead atoms. The van der Waals surface area contributed by atoms with Gasteiger partial charge in [0.2, 0.25) is 5.91 Å². The fraction of sp³-hybridized carbons (Fsp3) is 0.286. The molecular weight excluding hydrogens is 292 g/mol. The molecule has 0 aliphatic carbocycles. The summed E-state index contributed by atoms with van der Waals surface area (Å²) >= 11 is 0. The van der Waals surface area contributed by atoms with Crippen LogP contribution < -0.4 is 5.73 Å². The second-order valence-electron chi connectivity index (χ2n) is 2.21. The first-order valence-corrected chi connectivity index (χ1v) is 3.68. The van der Waals surface area contributed by atoms with Crippen LogP contribution in [0.5, 0.6) is 0 Å². The van der Waals surface area contributed by atoms with Crippen LogP contribution in [0.3, 0.4) is 0 Å². The van der Waals surface area contributed by atoms with Gasteiger partial charge in [-0.1, -0.05) is 6.58 Å². The van der Waals surface area contributed by atoms with Crippen LogP contribution in [0, 0.1) is 0 Å². The highest BCUT2D eigenvalue weighted by molar-refractivity contribution is 5.84. The molecule has 0 rings (SSSR count). The highest BCUT2D eigenvalue weighted by Gasteiger charge is 2.38. The van der Waals surface area contributed by atoms with Crippen LogP contribution in [0.25, 0.3) is 0 Å². The van der Waals surface area contributed by atoms with Gasteiger partial charge in [-0.15, -0.1) is 0 Å².